The zero-order chi connectivity index (χ0) is 19.9. The summed E-state index contributed by atoms with van der Waals surface area (Å²) in [6, 6.07) is 5.26. The lowest BCUT2D eigenvalue weighted by atomic mass is 10.1. The molecular weight excluding hydrogens is 354 g/mol. The Morgan fingerprint density at radius 3 is 2.19 bits per heavy atom. The topological polar surface area (TPSA) is 121 Å². The summed E-state index contributed by atoms with van der Waals surface area (Å²) in [7, 11) is 1.49. The molecule has 4 N–H and O–H groups in total. The normalized spacial score (nSPS) is 10.4. The average Bonchev–Trinajstić information content (AvgIpc) is 2.67. The lowest BCUT2D eigenvalue weighted by Crippen LogP contribution is -2.28. The molecule has 2 amide bonds. The van der Waals surface area contributed by atoms with E-state index in [2.05, 4.69) is 10.6 Å². The van der Waals surface area contributed by atoms with E-state index in [1.54, 1.807) is 18.2 Å². The van der Waals surface area contributed by atoms with Crippen LogP contribution in [0.5, 0.6) is 0 Å². The first-order valence-corrected chi connectivity index (χ1v) is 8.77. The summed E-state index contributed by atoms with van der Waals surface area (Å²) in [6.07, 6.45) is -0.480. The van der Waals surface area contributed by atoms with E-state index in [9.17, 15) is 9.59 Å². The van der Waals surface area contributed by atoms with Gasteiger partial charge in [-0.2, -0.15) is 0 Å². The molecule has 0 spiro atoms. The van der Waals surface area contributed by atoms with Crippen LogP contribution in [0.15, 0.2) is 18.2 Å². The maximum Gasteiger partial charge on any atom is 0.406 e. The van der Waals surface area contributed by atoms with Crippen LogP contribution >= 0.6 is 0 Å². The highest BCUT2D eigenvalue weighted by Gasteiger charge is 2.09. The highest BCUT2D eigenvalue weighted by atomic mass is 16.6. The van der Waals surface area contributed by atoms with E-state index in [1.165, 1.54) is 7.05 Å². The fraction of sp³-hybridized carbons (Fsp3) is 0.556. The minimum Gasteiger partial charge on any atom is -0.447 e. The van der Waals surface area contributed by atoms with Crippen LogP contribution in [0.1, 0.15) is 15.9 Å². The smallest absolute Gasteiger partial charge is 0.406 e. The predicted molar refractivity (Wildman–Crippen MR) is 101 cm³/mol. The van der Waals surface area contributed by atoms with E-state index in [1.807, 2.05) is 6.92 Å². The second-order valence-corrected chi connectivity index (χ2v) is 5.50. The first kappa shape index (κ1) is 22.7. The first-order valence-electron chi connectivity index (χ1n) is 8.77. The highest BCUT2D eigenvalue weighted by molar-refractivity contribution is 5.96. The van der Waals surface area contributed by atoms with Crippen LogP contribution in [0, 0.1) is 6.92 Å². The molecule has 1 rings (SSSR count). The molecule has 0 saturated carbocycles. The first-order chi connectivity index (χ1) is 13.1. The summed E-state index contributed by atoms with van der Waals surface area (Å²) in [5, 5.41) is 5.13. The molecular formula is C18H29N3O6. The van der Waals surface area contributed by atoms with E-state index in [0.717, 1.165) is 5.56 Å². The Hall–Kier alpha value is -2.36. The minimum atomic E-state index is -0.480. The molecule has 0 saturated heterocycles. The number of alkyl carbamates (subject to hydrolysis) is 1. The lowest BCUT2D eigenvalue weighted by Gasteiger charge is -2.10. The quantitative estimate of drug-likeness (QED) is 0.339. The molecule has 0 radical (unpaired) electrons. The lowest BCUT2D eigenvalue weighted by molar-refractivity contribution is 0.00631. The number of amides is 2. The largest absolute Gasteiger partial charge is 0.447 e. The van der Waals surface area contributed by atoms with Crippen molar-refractivity contribution < 1.29 is 28.5 Å². The van der Waals surface area contributed by atoms with Crippen molar-refractivity contribution in [2.75, 3.05) is 65.6 Å². The van der Waals surface area contributed by atoms with Gasteiger partial charge in [0.1, 0.15) is 6.61 Å². The molecule has 1 aromatic carbocycles. The second kappa shape index (κ2) is 13.8. The number of nitrogens with one attached hydrogen (secondary N) is 2. The summed E-state index contributed by atoms with van der Waals surface area (Å²) in [5.74, 6) is -0.169. The number of carbonyl (C=O) groups excluding carboxylic acids is 2. The van der Waals surface area contributed by atoms with Crippen molar-refractivity contribution in [2.45, 2.75) is 6.92 Å². The van der Waals surface area contributed by atoms with Crippen molar-refractivity contribution in [3.8, 4) is 0 Å². The summed E-state index contributed by atoms with van der Waals surface area (Å²) in [4.78, 5) is 22.8. The fourth-order valence-corrected chi connectivity index (χ4v) is 2.04. The molecule has 0 fully saturated rings. The van der Waals surface area contributed by atoms with Crippen LogP contribution in [-0.4, -0.2) is 71.8 Å². The Balaban J connectivity index is 1.92. The van der Waals surface area contributed by atoms with Gasteiger partial charge in [-0.05, 0) is 24.6 Å². The van der Waals surface area contributed by atoms with Gasteiger partial charge in [-0.1, -0.05) is 6.07 Å². The van der Waals surface area contributed by atoms with Crippen LogP contribution in [0.4, 0.5) is 10.5 Å². The zero-order valence-corrected chi connectivity index (χ0v) is 15.9. The van der Waals surface area contributed by atoms with Gasteiger partial charge in [0.2, 0.25) is 0 Å². The summed E-state index contributed by atoms with van der Waals surface area (Å²) >= 11 is 0. The van der Waals surface area contributed by atoms with Crippen LogP contribution in [-0.2, 0) is 18.9 Å². The molecule has 0 aliphatic heterocycles. The van der Waals surface area contributed by atoms with Crippen LogP contribution in [0.2, 0.25) is 0 Å². The maximum absolute atomic E-state index is 12.1. The van der Waals surface area contributed by atoms with Crippen molar-refractivity contribution >= 4 is 17.7 Å². The molecule has 27 heavy (non-hydrogen) atoms. The Kier molecular flexibility index (Phi) is 11.6. The van der Waals surface area contributed by atoms with Gasteiger partial charge in [0.25, 0.3) is 5.91 Å². The number of anilines is 1. The molecule has 1 aromatic rings. The van der Waals surface area contributed by atoms with E-state index in [4.69, 9.17) is 24.7 Å². The van der Waals surface area contributed by atoms with Gasteiger partial charge >= 0.3 is 6.09 Å². The molecule has 0 unspecified atom stereocenters. The average molecular weight is 383 g/mol. The number of nitrogen functional groups attached to an aromatic ring is 1. The van der Waals surface area contributed by atoms with Crippen LogP contribution in [0.3, 0.4) is 0 Å². The van der Waals surface area contributed by atoms with Gasteiger partial charge in [0.05, 0.1) is 39.6 Å². The Morgan fingerprint density at radius 2 is 1.56 bits per heavy atom. The summed E-state index contributed by atoms with van der Waals surface area (Å²) in [5.41, 5.74) is 7.73. The predicted octanol–water partition coefficient (Wildman–Crippen LogP) is 0.713. The van der Waals surface area contributed by atoms with E-state index in [-0.39, 0.29) is 12.5 Å². The fourth-order valence-electron chi connectivity index (χ4n) is 2.04. The molecule has 0 aliphatic rings. The number of carbonyl (C=O) groups is 2. The number of hydrogen-bond donors (Lipinski definition) is 3. The van der Waals surface area contributed by atoms with Crippen LogP contribution < -0.4 is 16.4 Å². The molecule has 0 aliphatic carbocycles. The third kappa shape index (κ3) is 9.78. The van der Waals surface area contributed by atoms with Gasteiger partial charge in [-0.25, -0.2) is 4.79 Å². The number of rotatable bonds is 13. The van der Waals surface area contributed by atoms with Gasteiger partial charge in [0.15, 0.2) is 0 Å². The molecule has 0 heterocycles. The maximum atomic E-state index is 12.1. The van der Waals surface area contributed by atoms with E-state index >= 15 is 0 Å². The third-order valence-electron chi connectivity index (χ3n) is 3.56. The minimum absolute atomic E-state index is 0.169. The Morgan fingerprint density at radius 1 is 0.963 bits per heavy atom. The van der Waals surface area contributed by atoms with Crippen LogP contribution in [0.25, 0.3) is 0 Å². The summed E-state index contributed by atoms with van der Waals surface area (Å²) < 4.78 is 20.7. The van der Waals surface area contributed by atoms with Gasteiger partial charge in [0, 0.05) is 24.8 Å². The monoisotopic (exact) mass is 383 g/mol. The Labute approximate surface area is 159 Å². The summed E-state index contributed by atoms with van der Waals surface area (Å²) in [6.45, 7) is 4.82. The van der Waals surface area contributed by atoms with Gasteiger partial charge in [-0.3, -0.25) is 4.79 Å². The molecule has 0 aromatic heterocycles. The van der Waals surface area contributed by atoms with Crippen molar-refractivity contribution in [3.63, 3.8) is 0 Å². The van der Waals surface area contributed by atoms with Crippen molar-refractivity contribution in [1.82, 2.24) is 10.6 Å². The molecule has 0 bridgehead atoms. The van der Waals surface area contributed by atoms with Crippen molar-refractivity contribution in [2.24, 2.45) is 0 Å². The SMILES string of the molecule is CNC(=O)OCCOCCOCCOCCNC(=O)c1cccc(N)c1C. The third-order valence-corrected chi connectivity index (χ3v) is 3.56. The standard InChI is InChI=1S/C18H29N3O6/c1-14-15(4-3-5-16(14)19)17(22)21-6-7-24-8-9-25-10-11-26-12-13-27-18(23)20-2/h3-5H,6-13,19H2,1-2H3,(H,20,23)(H,21,22). The van der Waals surface area contributed by atoms with Crippen molar-refractivity contribution in [1.29, 1.82) is 0 Å². The Bertz CT molecular complexity index is 582. The number of hydrogen-bond acceptors (Lipinski definition) is 7. The number of benzene rings is 1. The number of ether oxygens (including phenoxy) is 4. The van der Waals surface area contributed by atoms with Gasteiger partial charge < -0.3 is 35.3 Å². The zero-order valence-electron chi connectivity index (χ0n) is 15.9. The highest BCUT2D eigenvalue weighted by Crippen LogP contribution is 2.14. The second-order valence-electron chi connectivity index (χ2n) is 5.50. The molecule has 9 heteroatoms. The number of nitrogens with two attached hydrogens (primary N) is 1. The van der Waals surface area contributed by atoms with E-state index in [0.29, 0.717) is 57.4 Å². The molecule has 9 nitrogen and oxygen atoms in total. The molecule has 152 valence electrons. The van der Waals surface area contributed by atoms with Crippen molar-refractivity contribution in [3.05, 3.63) is 29.3 Å². The van der Waals surface area contributed by atoms with E-state index < -0.39 is 6.09 Å². The molecule has 0 atom stereocenters. The van der Waals surface area contributed by atoms with Gasteiger partial charge in [-0.15, -0.1) is 0 Å².